The Morgan fingerprint density at radius 3 is 1.77 bits per heavy atom. The second kappa shape index (κ2) is 10.3. The van der Waals surface area contributed by atoms with E-state index in [1.54, 1.807) is 0 Å². The summed E-state index contributed by atoms with van der Waals surface area (Å²) in [6.07, 6.45) is 0. The van der Waals surface area contributed by atoms with E-state index in [9.17, 15) is 0 Å². The summed E-state index contributed by atoms with van der Waals surface area (Å²) in [5.41, 5.74) is 9.14. The van der Waals surface area contributed by atoms with Crippen LogP contribution in [0.1, 0.15) is 0 Å². The molecule has 4 heterocycles. The van der Waals surface area contributed by atoms with E-state index in [-0.39, 0.29) is 0 Å². The molecular formula is C43H25N3S. The second-order valence-electron chi connectivity index (χ2n) is 12.0. The average molecular weight is 616 g/mol. The number of pyridine rings is 3. The van der Waals surface area contributed by atoms with Gasteiger partial charge in [-0.2, -0.15) is 0 Å². The first-order valence-electron chi connectivity index (χ1n) is 15.8. The van der Waals surface area contributed by atoms with Crippen LogP contribution in [0.25, 0.3) is 97.4 Å². The van der Waals surface area contributed by atoms with Crippen LogP contribution in [0.2, 0.25) is 0 Å². The highest BCUT2D eigenvalue weighted by Gasteiger charge is 2.18. The SMILES string of the molecule is c1ccc(-c2ccc3ccc4ccc(-c5cccc6c5sc5c6ccc6c(-c7ccccc7)nc7ccccc7c65)nc4c3n2)cc1. The summed E-state index contributed by atoms with van der Waals surface area (Å²) in [6.45, 7) is 0. The first kappa shape index (κ1) is 26.3. The van der Waals surface area contributed by atoms with Crippen LogP contribution < -0.4 is 0 Å². The summed E-state index contributed by atoms with van der Waals surface area (Å²) in [7, 11) is 0. The van der Waals surface area contributed by atoms with E-state index in [2.05, 4.69) is 146 Å². The molecule has 10 aromatic rings. The third-order valence-electron chi connectivity index (χ3n) is 9.24. The number of hydrogen-bond acceptors (Lipinski definition) is 4. The van der Waals surface area contributed by atoms with Gasteiger partial charge in [0.1, 0.15) is 0 Å². The summed E-state index contributed by atoms with van der Waals surface area (Å²) >= 11 is 1.86. The molecule has 0 unspecified atom stereocenters. The Hall–Kier alpha value is -5.97. The van der Waals surface area contributed by atoms with Crippen LogP contribution in [-0.4, -0.2) is 15.0 Å². The second-order valence-corrected chi connectivity index (χ2v) is 13.0. The Bertz CT molecular complexity index is 2840. The Balaban J connectivity index is 1.23. The van der Waals surface area contributed by atoms with Crippen LogP contribution >= 0.6 is 11.3 Å². The lowest BCUT2D eigenvalue weighted by Crippen LogP contribution is -1.91. The Morgan fingerprint density at radius 2 is 0.979 bits per heavy atom. The molecule has 0 bridgehead atoms. The molecule has 0 aliphatic carbocycles. The van der Waals surface area contributed by atoms with Gasteiger partial charge in [-0.3, -0.25) is 0 Å². The molecule has 0 atom stereocenters. The molecule has 10 rings (SSSR count). The monoisotopic (exact) mass is 615 g/mol. The Kier molecular flexibility index (Phi) is 5.74. The van der Waals surface area contributed by atoms with E-state index in [0.29, 0.717) is 0 Å². The van der Waals surface area contributed by atoms with E-state index < -0.39 is 0 Å². The maximum atomic E-state index is 5.33. The van der Waals surface area contributed by atoms with E-state index in [1.807, 2.05) is 17.4 Å². The number of para-hydroxylation sites is 1. The van der Waals surface area contributed by atoms with Gasteiger partial charge in [-0.15, -0.1) is 11.3 Å². The van der Waals surface area contributed by atoms with Crippen molar-refractivity contribution in [2.75, 3.05) is 0 Å². The molecule has 0 aliphatic heterocycles. The van der Waals surface area contributed by atoms with E-state index in [4.69, 9.17) is 15.0 Å². The highest BCUT2D eigenvalue weighted by molar-refractivity contribution is 7.27. The van der Waals surface area contributed by atoms with Gasteiger partial charge < -0.3 is 0 Å². The first-order chi connectivity index (χ1) is 23.3. The minimum Gasteiger partial charge on any atom is -0.247 e. The third-order valence-corrected chi connectivity index (χ3v) is 10.5. The fourth-order valence-corrected chi connectivity index (χ4v) is 8.38. The molecule has 0 fully saturated rings. The maximum Gasteiger partial charge on any atom is 0.0972 e. The van der Waals surface area contributed by atoms with Crippen molar-refractivity contribution in [3.8, 4) is 33.8 Å². The Labute approximate surface area is 274 Å². The van der Waals surface area contributed by atoms with Crippen LogP contribution in [0.5, 0.6) is 0 Å². The number of hydrogen-bond donors (Lipinski definition) is 0. The fraction of sp³-hybridized carbons (Fsp3) is 0. The lowest BCUT2D eigenvalue weighted by atomic mass is 9.97. The molecule has 218 valence electrons. The quantitative estimate of drug-likeness (QED) is 0.186. The number of benzene rings is 6. The summed E-state index contributed by atoms with van der Waals surface area (Å²) in [5.74, 6) is 0. The largest absolute Gasteiger partial charge is 0.247 e. The number of thiophene rings is 1. The number of nitrogens with zero attached hydrogens (tertiary/aromatic N) is 3. The van der Waals surface area contributed by atoms with Crippen LogP contribution in [0, 0.1) is 0 Å². The van der Waals surface area contributed by atoms with E-state index >= 15 is 0 Å². The van der Waals surface area contributed by atoms with Crippen molar-refractivity contribution in [1.82, 2.24) is 15.0 Å². The molecule has 0 saturated carbocycles. The first-order valence-corrected chi connectivity index (χ1v) is 16.6. The van der Waals surface area contributed by atoms with Crippen molar-refractivity contribution in [2.45, 2.75) is 0 Å². The standard InChI is InChI=1S/C43H25N3S/c1-3-10-26(11-4-1)35-24-20-28-18-19-29-21-25-37(46-41(29)40(28)44-35)33-16-9-15-30-31-22-23-34-38(43(31)47-42(30)33)32-14-7-8-17-36(32)45-39(34)27-12-5-2-6-13-27/h1-25H. The molecule has 0 saturated heterocycles. The van der Waals surface area contributed by atoms with Gasteiger partial charge in [0.2, 0.25) is 0 Å². The highest BCUT2D eigenvalue weighted by Crippen LogP contribution is 2.46. The van der Waals surface area contributed by atoms with E-state index in [1.165, 1.54) is 36.3 Å². The van der Waals surface area contributed by atoms with Crippen molar-refractivity contribution >= 4 is 75.0 Å². The van der Waals surface area contributed by atoms with Crippen molar-refractivity contribution < 1.29 is 0 Å². The van der Waals surface area contributed by atoms with Gasteiger partial charge in [0.15, 0.2) is 0 Å². The normalized spacial score (nSPS) is 11.8. The van der Waals surface area contributed by atoms with Crippen LogP contribution in [0.3, 0.4) is 0 Å². The molecule has 0 N–H and O–H groups in total. The zero-order valence-electron chi connectivity index (χ0n) is 25.2. The summed E-state index contributed by atoms with van der Waals surface area (Å²) in [6, 6.07) is 53.4. The molecule has 4 aromatic heterocycles. The number of aromatic nitrogens is 3. The van der Waals surface area contributed by atoms with Crippen molar-refractivity contribution in [2.24, 2.45) is 0 Å². The van der Waals surface area contributed by atoms with Gasteiger partial charge in [-0.1, -0.05) is 133 Å². The summed E-state index contributed by atoms with van der Waals surface area (Å²) in [5, 5.41) is 8.28. The molecule has 4 heteroatoms. The van der Waals surface area contributed by atoms with Crippen molar-refractivity contribution in [1.29, 1.82) is 0 Å². The van der Waals surface area contributed by atoms with Gasteiger partial charge in [-0.25, -0.2) is 15.0 Å². The number of fused-ring (bicyclic) bond motifs is 10. The average Bonchev–Trinajstić information content (AvgIpc) is 3.54. The van der Waals surface area contributed by atoms with Gasteiger partial charge in [0.05, 0.1) is 33.6 Å². The smallest absolute Gasteiger partial charge is 0.0972 e. The summed E-state index contributed by atoms with van der Waals surface area (Å²) < 4.78 is 2.52. The molecule has 0 spiro atoms. The predicted molar refractivity (Wildman–Crippen MR) is 199 cm³/mol. The Morgan fingerprint density at radius 1 is 0.383 bits per heavy atom. The van der Waals surface area contributed by atoms with E-state index in [0.717, 1.165) is 61.1 Å². The zero-order valence-corrected chi connectivity index (χ0v) is 26.0. The third kappa shape index (κ3) is 4.09. The highest BCUT2D eigenvalue weighted by atomic mass is 32.1. The molecule has 47 heavy (non-hydrogen) atoms. The summed E-state index contributed by atoms with van der Waals surface area (Å²) in [4.78, 5) is 15.6. The molecule has 0 radical (unpaired) electrons. The lowest BCUT2D eigenvalue weighted by molar-refractivity contribution is 1.37. The van der Waals surface area contributed by atoms with Gasteiger partial charge >= 0.3 is 0 Å². The predicted octanol–water partition coefficient (Wildman–Crippen LogP) is 11.9. The minimum absolute atomic E-state index is 0.922. The molecule has 6 aromatic carbocycles. The van der Waals surface area contributed by atoms with Gasteiger partial charge in [0, 0.05) is 63.8 Å². The number of rotatable bonds is 3. The molecule has 0 aliphatic rings. The lowest BCUT2D eigenvalue weighted by Gasteiger charge is -2.11. The van der Waals surface area contributed by atoms with Crippen LogP contribution in [0.15, 0.2) is 152 Å². The van der Waals surface area contributed by atoms with Crippen molar-refractivity contribution in [3.63, 3.8) is 0 Å². The molecular weight excluding hydrogens is 591 g/mol. The van der Waals surface area contributed by atoms with Gasteiger partial charge in [0.25, 0.3) is 0 Å². The fourth-order valence-electron chi connectivity index (χ4n) is 7.00. The topological polar surface area (TPSA) is 38.7 Å². The zero-order chi connectivity index (χ0) is 30.9. The van der Waals surface area contributed by atoms with Gasteiger partial charge in [-0.05, 0) is 18.2 Å². The maximum absolute atomic E-state index is 5.33. The minimum atomic E-state index is 0.922. The molecule has 3 nitrogen and oxygen atoms in total. The van der Waals surface area contributed by atoms with Crippen LogP contribution in [-0.2, 0) is 0 Å². The van der Waals surface area contributed by atoms with Crippen molar-refractivity contribution in [3.05, 3.63) is 152 Å². The molecule has 0 amide bonds. The van der Waals surface area contributed by atoms with Crippen LogP contribution in [0.4, 0.5) is 0 Å².